The summed E-state index contributed by atoms with van der Waals surface area (Å²) in [6.07, 6.45) is 6.47. The summed E-state index contributed by atoms with van der Waals surface area (Å²) in [7, 11) is 0. The van der Waals surface area contributed by atoms with Gasteiger partial charge in [-0.15, -0.1) is 0 Å². The molecule has 0 bridgehead atoms. The maximum atomic E-state index is 9.99. The lowest BCUT2D eigenvalue weighted by atomic mass is 9.47. The first-order chi connectivity index (χ1) is 12.6. The molecule has 0 saturated heterocycles. The van der Waals surface area contributed by atoms with Crippen LogP contribution in [0, 0.1) is 5.41 Å². The number of hydrogen-bond donors (Lipinski definition) is 3. The molecule has 2 aromatic carbocycles. The summed E-state index contributed by atoms with van der Waals surface area (Å²) in [6.45, 7) is 8.84. The van der Waals surface area contributed by atoms with E-state index in [-0.39, 0.29) is 33.5 Å². The van der Waals surface area contributed by atoms with E-state index in [0.717, 1.165) is 11.1 Å². The lowest BCUT2D eigenvalue weighted by Gasteiger charge is -2.56. The normalized spacial score (nSPS) is 16.8. The highest BCUT2D eigenvalue weighted by Gasteiger charge is 2.54. The largest absolute Gasteiger partial charge is 0.508 e. The van der Waals surface area contributed by atoms with E-state index in [1.807, 2.05) is 30.3 Å². The molecule has 27 heavy (non-hydrogen) atoms. The Balaban J connectivity index is 2.19. The van der Waals surface area contributed by atoms with Crippen LogP contribution in [0.2, 0.25) is 0 Å². The van der Waals surface area contributed by atoms with Gasteiger partial charge in [-0.1, -0.05) is 58.0 Å². The second kappa shape index (κ2) is 6.49. The molecule has 0 amide bonds. The third-order valence-electron chi connectivity index (χ3n) is 6.58. The number of benzene rings is 2. The first kappa shape index (κ1) is 19.1. The Morgan fingerprint density at radius 3 is 1.44 bits per heavy atom. The van der Waals surface area contributed by atoms with E-state index in [2.05, 4.69) is 33.8 Å². The van der Waals surface area contributed by atoms with Crippen LogP contribution in [-0.4, -0.2) is 15.3 Å². The molecule has 0 unspecified atom stereocenters. The van der Waals surface area contributed by atoms with Crippen molar-refractivity contribution in [3.8, 4) is 11.5 Å². The number of aromatic hydroxyl groups is 2. The second-order valence-corrected chi connectivity index (χ2v) is 8.48. The molecule has 1 aliphatic carbocycles. The Labute approximate surface area is 161 Å². The highest BCUT2D eigenvalue weighted by Crippen LogP contribution is 2.58. The van der Waals surface area contributed by atoms with Crippen molar-refractivity contribution in [2.24, 2.45) is 5.41 Å². The molecule has 2 aromatic rings. The first-order valence-electron chi connectivity index (χ1n) is 9.27. The molecule has 3 nitrogen and oxygen atoms in total. The molecule has 0 radical (unpaired) electrons. The van der Waals surface area contributed by atoms with Crippen LogP contribution < -0.4 is 0 Å². The van der Waals surface area contributed by atoms with E-state index in [0.29, 0.717) is 6.42 Å². The van der Waals surface area contributed by atoms with Crippen LogP contribution in [0.5, 0.6) is 11.5 Å². The highest BCUT2D eigenvalue weighted by atomic mass is 16.3. The molecule has 0 aromatic heterocycles. The Bertz CT molecular complexity index is 811. The minimum atomic E-state index is -0.333. The summed E-state index contributed by atoms with van der Waals surface area (Å²) in [5.74, 6) is 0.782. The average Bonchev–Trinajstić information content (AvgIpc) is 2.63. The van der Waals surface area contributed by atoms with E-state index in [1.165, 1.54) is 0 Å². The van der Waals surface area contributed by atoms with Gasteiger partial charge in [0.15, 0.2) is 0 Å². The van der Waals surface area contributed by atoms with Crippen molar-refractivity contribution < 1.29 is 15.3 Å². The van der Waals surface area contributed by atoms with Crippen LogP contribution in [0.25, 0.3) is 0 Å². The summed E-state index contributed by atoms with van der Waals surface area (Å²) in [4.78, 5) is 0. The number of phenolic OH excluding ortho intramolecular Hbond substituents is 2. The van der Waals surface area contributed by atoms with Crippen LogP contribution in [0.1, 0.15) is 45.2 Å². The van der Waals surface area contributed by atoms with Gasteiger partial charge < -0.3 is 15.3 Å². The van der Waals surface area contributed by atoms with Gasteiger partial charge in [0.05, 0.1) is 0 Å². The number of rotatable bonds is 4. The lowest BCUT2D eigenvalue weighted by Crippen LogP contribution is -2.52. The van der Waals surface area contributed by atoms with Gasteiger partial charge in [0.1, 0.15) is 17.3 Å². The Morgan fingerprint density at radius 1 is 0.704 bits per heavy atom. The number of aliphatic hydroxyl groups is 1. The molecule has 3 heteroatoms. The Kier molecular flexibility index (Phi) is 4.59. The molecule has 142 valence electrons. The number of allylic oxidation sites excluding steroid dienone is 3. The minimum Gasteiger partial charge on any atom is -0.508 e. The molecule has 3 N–H and O–H groups in total. The third kappa shape index (κ3) is 3.01. The van der Waals surface area contributed by atoms with Gasteiger partial charge in [0, 0.05) is 5.41 Å². The van der Waals surface area contributed by atoms with Crippen molar-refractivity contribution >= 4 is 0 Å². The van der Waals surface area contributed by atoms with E-state index in [9.17, 15) is 15.3 Å². The topological polar surface area (TPSA) is 60.7 Å². The summed E-state index contributed by atoms with van der Waals surface area (Å²) in [5.41, 5.74) is 1.31. The molecule has 0 aliphatic heterocycles. The highest BCUT2D eigenvalue weighted by molar-refractivity contribution is 5.43. The standard InChI is InChI=1S/C24H28O3/c1-22(2,17-5-9-19(25)10-6-17)24(15-13-21(27)14-16-24)23(3,4)18-7-11-20(26)12-8-18/h5-15,25-27H,16H2,1-4H3. The maximum Gasteiger partial charge on any atom is 0.115 e. The van der Waals surface area contributed by atoms with Gasteiger partial charge >= 0.3 is 0 Å². The van der Waals surface area contributed by atoms with Gasteiger partial charge in [-0.2, -0.15) is 0 Å². The van der Waals surface area contributed by atoms with Crippen molar-refractivity contribution in [2.45, 2.75) is 44.9 Å². The van der Waals surface area contributed by atoms with Gasteiger partial charge in [-0.25, -0.2) is 0 Å². The fourth-order valence-electron chi connectivity index (χ4n) is 4.61. The van der Waals surface area contributed by atoms with Crippen molar-refractivity contribution in [1.82, 2.24) is 0 Å². The predicted octanol–water partition coefficient (Wildman–Crippen LogP) is 5.74. The molecule has 0 fully saturated rings. The van der Waals surface area contributed by atoms with Crippen LogP contribution in [0.4, 0.5) is 0 Å². The third-order valence-corrected chi connectivity index (χ3v) is 6.58. The monoisotopic (exact) mass is 364 g/mol. The van der Waals surface area contributed by atoms with E-state index < -0.39 is 0 Å². The van der Waals surface area contributed by atoms with Crippen LogP contribution >= 0.6 is 0 Å². The van der Waals surface area contributed by atoms with Gasteiger partial charge in [0.2, 0.25) is 0 Å². The van der Waals surface area contributed by atoms with Crippen molar-refractivity contribution in [1.29, 1.82) is 0 Å². The molecule has 0 heterocycles. The molecule has 0 spiro atoms. The summed E-state index contributed by atoms with van der Waals surface area (Å²) in [6, 6.07) is 14.8. The summed E-state index contributed by atoms with van der Waals surface area (Å²) in [5, 5.41) is 29.4. The van der Waals surface area contributed by atoms with Gasteiger partial charge in [-0.3, -0.25) is 0 Å². The maximum absolute atomic E-state index is 9.99. The van der Waals surface area contributed by atoms with Crippen LogP contribution in [0.3, 0.4) is 0 Å². The fraction of sp³-hybridized carbons (Fsp3) is 0.333. The molecular weight excluding hydrogens is 336 g/mol. The van der Waals surface area contributed by atoms with Crippen LogP contribution in [-0.2, 0) is 10.8 Å². The minimum absolute atomic E-state index is 0.248. The zero-order chi connectivity index (χ0) is 19.9. The molecule has 0 atom stereocenters. The molecular formula is C24H28O3. The van der Waals surface area contributed by atoms with Crippen molar-refractivity contribution in [3.05, 3.63) is 83.6 Å². The lowest BCUT2D eigenvalue weighted by molar-refractivity contribution is 0.103. The van der Waals surface area contributed by atoms with E-state index >= 15 is 0 Å². The molecule has 1 aliphatic rings. The number of hydrogen-bond acceptors (Lipinski definition) is 3. The molecule has 3 rings (SSSR count). The van der Waals surface area contributed by atoms with E-state index in [4.69, 9.17) is 0 Å². The van der Waals surface area contributed by atoms with Gasteiger partial charge in [0.25, 0.3) is 0 Å². The average molecular weight is 364 g/mol. The van der Waals surface area contributed by atoms with Crippen molar-refractivity contribution in [2.75, 3.05) is 0 Å². The number of aliphatic hydroxyl groups excluding tert-OH is 1. The molecule has 0 saturated carbocycles. The van der Waals surface area contributed by atoms with Crippen molar-refractivity contribution in [3.63, 3.8) is 0 Å². The van der Waals surface area contributed by atoms with E-state index in [1.54, 1.807) is 30.3 Å². The summed E-state index contributed by atoms with van der Waals surface area (Å²) >= 11 is 0. The van der Waals surface area contributed by atoms with Crippen LogP contribution in [0.15, 0.2) is 72.5 Å². The Hall–Kier alpha value is -2.68. The zero-order valence-corrected chi connectivity index (χ0v) is 16.4. The Morgan fingerprint density at radius 2 is 1.11 bits per heavy atom. The number of phenols is 2. The van der Waals surface area contributed by atoms with Gasteiger partial charge in [-0.05, 0) is 64.8 Å². The SMILES string of the molecule is CC(C)(c1ccc(O)cc1)C1(C(C)(C)c2ccc(O)cc2)C=CC(O)=CC1. The quantitative estimate of drug-likeness (QED) is 0.648. The second-order valence-electron chi connectivity index (χ2n) is 8.48. The fourth-order valence-corrected chi connectivity index (χ4v) is 4.61. The smallest absolute Gasteiger partial charge is 0.115 e. The summed E-state index contributed by atoms with van der Waals surface area (Å²) < 4.78 is 0. The predicted molar refractivity (Wildman–Crippen MR) is 109 cm³/mol. The zero-order valence-electron chi connectivity index (χ0n) is 16.4. The first-order valence-corrected chi connectivity index (χ1v) is 9.27.